The first-order chi connectivity index (χ1) is 7.90. The Labute approximate surface area is 104 Å². The Morgan fingerprint density at radius 3 is 2.59 bits per heavy atom. The van der Waals surface area contributed by atoms with Crippen molar-refractivity contribution in [2.45, 2.75) is 25.7 Å². The van der Waals surface area contributed by atoms with E-state index in [1.54, 1.807) is 0 Å². The van der Waals surface area contributed by atoms with Crippen LogP contribution in [0.25, 0.3) is 5.57 Å². The highest BCUT2D eigenvalue weighted by Gasteiger charge is 2.29. The zero-order chi connectivity index (χ0) is 12.6. The molecule has 1 aromatic rings. The fourth-order valence-corrected chi connectivity index (χ4v) is 2.53. The highest BCUT2D eigenvalue weighted by molar-refractivity contribution is 5.78. The number of nitrogens with zero attached hydrogens (tertiary/aromatic N) is 1. The maximum absolute atomic E-state index is 5.90. The molecule has 2 nitrogen and oxygen atoms in total. The van der Waals surface area contributed by atoms with Crippen molar-refractivity contribution in [2.75, 3.05) is 26.4 Å². The summed E-state index contributed by atoms with van der Waals surface area (Å²) >= 11 is 0. The van der Waals surface area contributed by atoms with Gasteiger partial charge >= 0.3 is 0 Å². The van der Waals surface area contributed by atoms with E-state index in [1.165, 1.54) is 16.7 Å². The summed E-state index contributed by atoms with van der Waals surface area (Å²) in [5.41, 5.74) is 11.1. The molecule has 0 bridgehead atoms. The summed E-state index contributed by atoms with van der Waals surface area (Å²) in [6.45, 7) is 5.62. The molecule has 2 heteroatoms. The quantitative estimate of drug-likeness (QED) is 0.809. The monoisotopic (exact) mass is 230 g/mol. The minimum Gasteiger partial charge on any atom is -0.399 e. The third-order valence-corrected chi connectivity index (χ3v) is 3.45. The lowest BCUT2D eigenvalue weighted by Gasteiger charge is -2.17. The second-order valence-corrected chi connectivity index (χ2v) is 5.75. The molecule has 0 unspecified atom stereocenters. The molecule has 0 saturated carbocycles. The molecule has 0 heterocycles. The molecule has 17 heavy (non-hydrogen) atoms. The molecule has 0 spiro atoms. The lowest BCUT2D eigenvalue weighted by molar-refractivity contribution is 0.419. The normalized spacial score (nSPS) is 17.1. The van der Waals surface area contributed by atoms with Crippen molar-refractivity contribution in [2.24, 2.45) is 0 Å². The van der Waals surface area contributed by atoms with Crippen LogP contribution < -0.4 is 5.73 Å². The Kier molecular flexibility index (Phi) is 3.00. The van der Waals surface area contributed by atoms with Gasteiger partial charge in [0, 0.05) is 17.6 Å². The second kappa shape index (κ2) is 4.19. The number of nitrogen functional groups attached to an aromatic ring is 1. The molecule has 0 amide bonds. The van der Waals surface area contributed by atoms with Crippen LogP contribution in [0, 0.1) is 0 Å². The number of fused-ring (bicyclic) bond motifs is 1. The molecular weight excluding hydrogens is 208 g/mol. The summed E-state index contributed by atoms with van der Waals surface area (Å²) in [6, 6.07) is 6.29. The van der Waals surface area contributed by atoms with Crippen LogP contribution in [0.5, 0.6) is 0 Å². The van der Waals surface area contributed by atoms with Crippen LogP contribution in [0.15, 0.2) is 24.3 Å². The van der Waals surface area contributed by atoms with E-state index in [-0.39, 0.29) is 5.41 Å². The average Bonchev–Trinajstić information content (AvgIpc) is 2.47. The Morgan fingerprint density at radius 2 is 1.94 bits per heavy atom. The zero-order valence-corrected chi connectivity index (χ0v) is 11.2. The van der Waals surface area contributed by atoms with E-state index in [9.17, 15) is 0 Å². The van der Waals surface area contributed by atoms with Crippen LogP contribution in [-0.2, 0) is 5.41 Å². The number of allylic oxidation sites excluding steroid dienone is 1. The summed E-state index contributed by atoms with van der Waals surface area (Å²) in [5.74, 6) is 0. The molecule has 0 aliphatic heterocycles. The van der Waals surface area contributed by atoms with Crippen molar-refractivity contribution in [1.82, 2.24) is 4.90 Å². The SMILES string of the molecule is CN(C)CCC1=CC(C)(C)c2ccc(N)cc21. The first kappa shape index (κ1) is 12.2. The van der Waals surface area contributed by atoms with E-state index in [1.807, 2.05) is 6.07 Å². The largest absolute Gasteiger partial charge is 0.399 e. The van der Waals surface area contributed by atoms with E-state index in [2.05, 4.69) is 51.1 Å². The van der Waals surface area contributed by atoms with Gasteiger partial charge in [-0.3, -0.25) is 0 Å². The lowest BCUT2D eigenvalue weighted by Crippen LogP contribution is -2.13. The van der Waals surface area contributed by atoms with Gasteiger partial charge < -0.3 is 10.6 Å². The van der Waals surface area contributed by atoms with Crippen LogP contribution in [0.2, 0.25) is 0 Å². The molecule has 1 aliphatic rings. The maximum Gasteiger partial charge on any atom is 0.0320 e. The van der Waals surface area contributed by atoms with E-state index < -0.39 is 0 Å². The van der Waals surface area contributed by atoms with Gasteiger partial charge in [-0.1, -0.05) is 26.0 Å². The molecule has 92 valence electrons. The number of nitrogens with two attached hydrogens (primary N) is 1. The molecule has 0 aromatic heterocycles. The first-order valence-electron chi connectivity index (χ1n) is 6.17. The van der Waals surface area contributed by atoms with Crippen molar-refractivity contribution < 1.29 is 0 Å². The Hall–Kier alpha value is -1.28. The van der Waals surface area contributed by atoms with Crippen LogP contribution in [0.3, 0.4) is 0 Å². The van der Waals surface area contributed by atoms with Crippen LogP contribution in [0.4, 0.5) is 5.69 Å². The minimum absolute atomic E-state index is 0.144. The molecule has 2 rings (SSSR count). The van der Waals surface area contributed by atoms with E-state index in [0.717, 1.165) is 18.7 Å². The van der Waals surface area contributed by atoms with Crippen molar-refractivity contribution in [3.8, 4) is 0 Å². The Balaban J connectivity index is 2.34. The van der Waals surface area contributed by atoms with Gasteiger partial charge in [0.2, 0.25) is 0 Å². The predicted molar refractivity (Wildman–Crippen MR) is 75.0 cm³/mol. The molecule has 1 aromatic carbocycles. The molecule has 2 N–H and O–H groups in total. The highest BCUT2D eigenvalue weighted by Crippen LogP contribution is 2.42. The number of hydrogen-bond acceptors (Lipinski definition) is 2. The first-order valence-corrected chi connectivity index (χ1v) is 6.17. The Bertz CT molecular complexity index is 456. The van der Waals surface area contributed by atoms with Gasteiger partial charge in [0.1, 0.15) is 0 Å². The van der Waals surface area contributed by atoms with Gasteiger partial charge in [-0.15, -0.1) is 0 Å². The van der Waals surface area contributed by atoms with Gasteiger partial charge in [-0.2, -0.15) is 0 Å². The number of anilines is 1. The smallest absolute Gasteiger partial charge is 0.0320 e. The van der Waals surface area contributed by atoms with E-state index in [0.29, 0.717) is 0 Å². The molecule has 0 atom stereocenters. The third kappa shape index (κ3) is 2.37. The minimum atomic E-state index is 0.144. The van der Waals surface area contributed by atoms with Crippen molar-refractivity contribution in [1.29, 1.82) is 0 Å². The molecule has 1 aliphatic carbocycles. The fourth-order valence-electron chi connectivity index (χ4n) is 2.53. The van der Waals surface area contributed by atoms with Gasteiger partial charge in [0.05, 0.1) is 0 Å². The van der Waals surface area contributed by atoms with Crippen LogP contribution in [0.1, 0.15) is 31.4 Å². The number of hydrogen-bond donors (Lipinski definition) is 1. The summed E-state index contributed by atoms with van der Waals surface area (Å²) in [5, 5.41) is 0. The number of rotatable bonds is 3. The standard InChI is InChI=1S/C15H22N2/c1-15(2)10-11(7-8-17(3)4)13-9-12(16)5-6-14(13)15/h5-6,9-10H,7-8,16H2,1-4H3. The maximum atomic E-state index is 5.90. The van der Waals surface area contributed by atoms with Crippen molar-refractivity contribution >= 4 is 11.3 Å². The predicted octanol–water partition coefficient (Wildman–Crippen LogP) is 2.90. The highest BCUT2D eigenvalue weighted by atomic mass is 15.0. The topological polar surface area (TPSA) is 29.3 Å². The van der Waals surface area contributed by atoms with Crippen molar-refractivity contribution in [3.05, 3.63) is 35.4 Å². The molecule has 0 fully saturated rings. The molecule has 0 radical (unpaired) electrons. The van der Waals surface area contributed by atoms with Gasteiger partial charge in [-0.05, 0) is 49.3 Å². The van der Waals surface area contributed by atoms with Crippen LogP contribution >= 0.6 is 0 Å². The Morgan fingerprint density at radius 1 is 1.24 bits per heavy atom. The lowest BCUT2D eigenvalue weighted by atomic mass is 9.87. The van der Waals surface area contributed by atoms with Crippen LogP contribution in [-0.4, -0.2) is 25.5 Å². The number of benzene rings is 1. The van der Waals surface area contributed by atoms with Crippen molar-refractivity contribution in [3.63, 3.8) is 0 Å². The summed E-state index contributed by atoms with van der Waals surface area (Å²) in [6.07, 6.45) is 3.48. The fraction of sp³-hybridized carbons (Fsp3) is 0.467. The van der Waals surface area contributed by atoms with Gasteiger partial charge in [-0.25, -0.2) is 0 Å². The summed E-state index contributed by atoms with van der Waals surface area (Å²) in [7, 11) is 4.22. The summed E-state index contributed by atoms with van der Waals surface area (Å²) < 4.78 is 0. The third-order valence-electron chi connectivity index (χ3n) is 3.45. The summed E-state index contributed by atoms with van der Waals surface area (Å²) in [4.78, 5) is 2.22. The van der Waals surface area contributed by atoms with Gasteiger partial charge in [0.25, 0.3) is 0 Å². The second-order valence-electron chi connectivity index (χ2n) is 5.75. The van der Waals surface area contributed by atoms with E-state index >= 15 is 0 Å². The zero-order valence-electron chi connectivity index (χ0n) is 11.2. The van der Waals surface area contributed by atoms with E-state index in [4.69, 9.17) is 5.73 Å². The van der Waals surface area contributed by atoms with Gasteiger partial charge in [0.15, 0.2) is 0 Å². The molecule has 0 saturated heterocycles. The average molecular weight is 230 g/mol. The molecular formula is C15H22N2.